The highest BCUT2D eigenvalue weighted by Gasteiger charge is 2.19. The topological polar surface area (TPSA) is 96.9 Å². The van der Waals surface area contributed by atoms with Gasteiger partial charge in [0.05, 0.1) is 31.3 Å². The van der Waals surface area contributed by atoms with Crippen molar-refractivity contribution < 1.29 is 19.0 Å². The molecule has 0 aliphatic heterocycles. The maximum Gasteiger partial charge on any atom is 0.343 e. The standard InChI is InChI=1S/C35H36N4O5/c1-21(2)29-18-30(22(3)16-32(29)42-6)34-37-31-11-9-8-10-28(31)35(41)39(34)36-19-25-17-23(4)38(24(25)5)26-12-14-27(15-13-26)44-20-33(40)43-7/h8-19,21H,20H2,1-7H3. The lowest BCUT2D eigenvalue weighted by atomic mass is 9.96. The first-order valence-corrected chi connectivity index (χ1v) is 14.4. The van der Waals surface area contributed by atoms with E-state index >= 15 is 0 Å². The summed E-state index contributed by atoms with van der Waals surface area (Å²) >= 11 is 0. The summed E-state index contributed by atoms with van der Waals surface area (Å²) in [5.74, 6) is 1.58. The first kappa shape index (κ1) is 30.3. The molecule has 0 unspecified atom stereocenters. The van der Waals surface area contributed by atoms with Crippen molar-refractivity contribution in [2.45, 2.75) is 40.5 Å². The summed E-state index contributed by atoms with van der Waals surface area (Å²) in [6.45, 7) is 10.0. The molecular weight excluding hydrogens is 556 g/mol. The number of rotatable bonds is 9. The summed E-state index contributed by atoms with van der Waals surface area (Å²) < 4.78 is 19.3. The van der Waals surface area contributed by atoms with Gasteiger partial charge in [0.2, 0.25) is 0 Å². The fraction of sp³-hybridized carbons (Fsp3) is 0.257. The van der Waals surface area contributed by atoms with Gasteiger partial charge in [-0.15, -0.1) is 0 Å². The van der Waals surface area contributed by atoms with Crippen LogP contribution in [-0.4, -0.2) is 47.2 Å². The molecule has 0 N–H and O–H groups in total. The molecule has 0 bridgehead atoms. The van der Waals surface area contributed by atoms with Gasteiger partial charge in [-0.1, -0.05) is 26.0 Å². The van der Waals surface area contributed by atoms with Crippen LogP contribution < -0.4 is 15.0 Å². The minimum absolute atomic E-state index is 0.155. The molecule has 44 heavy (non-hydrogen) atoms. The number of aryl methyl sites for hydroxylation is 2. The Morgan fingerprint density at radius 3 is 2.41 bits per heavy atom. The number of carbonyl (C=O) groups is 1. The van der Waals surface area contributed by atoms with E-state index < -0.39 is 5.97 Å². The van der Waals surface area contributed by atoms with Crippen LogP contribution in [0.2, 0.25) is 0 Å². The Morgan fingerprint density at radius 2 is 1.73 bits per heavy atom. The zero-order valence-electron chi connectivity index (χ0n) is 26.0. The zero-order valence-corrected chi connectivity index (χ0v) is 26.0. The molecule has 3 aromatic carbocycles. The number of aromatic nitrogens is 3. The highest BCUT2D eigenvalue weighted by Crippen LogP contribution is 2.34. The summed E-state index contributed by atoms with van der Waals surface area (Å²) in [6, 6.07) is 20.8. The minimum atomic E-state index is -0.443. The second kappa shape index (κ2) is 12.6. The Labute approximate surface area is 256 Å². The van der Waals surface area contributed by atoms with Crippen LogP contribution in [0.25, 0.3) is 28.0 Å². The molecular formula is C35H36N4O5. The van der Waals surface area contributed by atoms with E-state index in [0.29, 0.717) is 22.5 Å². The Balaban J connectivity index is 1.58. The van der Waals surface area contributed by atoms with Crippen LogP contribution in [0.5, 0.6) is 11.5 Å². The number of fused-ring (bicyclic) bond motifs is 1. The van der Waals surface area contributed by atoms with Crippen LogP contribution in [0.4, 0.5) is 0 Å². The Morgan fingerprint density at radius 1 is 1.00 bits per heavy atom. The summed E-state index contributed by atoms with van der Waals surface area (Å²) in [6.07, 6.45) is 1.70. The SMILES string of the molecule is COC(=O)COc1ccc(-n2c(C)cc(C=Nn3c(-c4cc(C(C)C)c(OC)cc4C)nc4ccccc4c3=O)c2C)cc1. The molecule has 226 valence electrons. The summed E-state index contributed by atoms with van der Waals surface area (Å²) in [7, 11) is 2.99. The second-order valence-corrected chi connectivity index (χ2v) is 10.9. The van der Waals surface area contributed by atoms with Gasteiger partial charge in [-0.2, -0.15) is 9.78 Å². The largest absolute Gasteiger partial charge is 0.496 e. The molecule has 2 heterocycles. The fourth-order valence-corrected chi connectivity index (χ4v) is 5.30. The lowest BCUT2D eigenvalue weighted by Crippen LogP contribution is -2.21. The Kier molecular flexibility index (Phi) is 8.66. The molecule has 9 heteroatoms. The number of para-hydroxylation sites is 1. The smallest absolute Gasteiger partial charge is 0.343 e. The molecule has 5 rings (SSSR count). The average Bonchev–Trinajstić information content (AvgIpc) is 3.31. The molecule has 2 aromatic heterocycles. The number of esters is 1. The number of nitrogens with zero attached hydrogens (tertiary/aromatic N) is 4. The first-order valence-electron chi connectivity index (χ1n) is 14.4. The van der Waals surface area contributed by atoms with E-state index in [1.54, 1.807) is 31.5 Å². The first-order chi connectivity index (χ1) is 21.1. The molecule has 0 amide bonds. The van der Waals surface area contributed by atoms with Gasteiger partial charge in [-0.25, -0.2) is 9.78 Å². The number of ether oxygens (including phenoxy) is 3. The van der Waals surface area contributed by atoms with Crippen LogP contribution in [-0.2, 0) is 9.53 Å². The van der Waals surface area contributed by atoms with Crippen LogP contribution >= 0.6 is 0 Å². The third-order valence-corrected chi connectivity index (χ3v) is 7.66. The van der Waals surface area contributed by atoms with E-state index in [2.05, 4.69) is 23.2 Å². The van der Waals surface area contributed by atoms with E-state index in [4.69, 9.17) is 19.6 Å². The Bertz CT molecular complexity index is 1930. The van der Waals surface area contributed by atoms with Crippen molar-refractivity contribution in [2.75, 3.05) is 20.8 Å². The van der Waals surface area contributed by atoms with Crippen molar-refractivity contribution in [3.63, 3.8) is 0 Å². The van der Waals surface area contributed by atoms with E-state index in [1.807, 2.05) is 69.3 Å². The normalized spacial score (nSPS) is 11.5. The van der Waals surface area contributed by atoms with Crippen molar-refractivity contribution in [1.82, 2.24) is 14.2 Å². The predicted molar refractivity (Wildman–Crippen MR) is 173 cm³/mol. The average molecular weight is 593 g/mol. The van der Waals surface area contributed by atoms with Gasteiger partial charge in [0.15, 0.2) is 12.4 Å². The summed E-state index contributed by atoms with van der Waals surface area (Å²) in [5.41, 5.74) is 6.83. The Hall–Kier alpha value is -5.18. The monoisotopic (exact) mass is 592 g/mol. The lowest BCUT2D eigenvalue weighted by Gasteiger charge is -2.17. The molecule has 5 aromatic rings. The van der Waals surface area contributed by atoms with Gasteiger partial charge in [0.1, 0.15) is 11.5 Å². The van der Waals surface area contributed by atoms with Gasteiger partial charge in [-0.3, -0.25) is 4.79 Å². The van der Waals surface area contributed by atoms with Crippen molar-refractivity contribution in [3.05, 3.63) is 105 Å². The molecule has 0 radical (unpaired) electrons. The van der Waals surface area contributed by atoms with Crippen molar-refractivity contribution in [1.29, 1.82) is 0 Å². The van der Waals surface area contributed by atoms with Gasteiger partial charge >= 0.3 is 5.97 Å². The van der Waals surface area contributed by atoms with Gasteiger partial charge in [0.25, 0.3) is 5.56 Å². The van der Waals surface area contributed by atoms with E-state index in [1.165, 1.54) is 11.8 Å². The van der Waals surface area contributed by atoms with Crippen LogP contribution in [0.1, 0.15) is 47.8 Å². The molecule has 0 saturated carbocycles. The zero-order chi connectivity index (χ0) is 31.5. The summed E-state index contributed by atoms with van der Waals surface area (Å²) in [4.78, 5) is 30.2. The molecule has 9 nitrogen and oxygen atoms in total. The van der Waals surface area contributed by atoms with Crippen molar-refractivity contribution in [2.24, 2.45) is 5.10 Å². The van der Waals surface area contributed by atoms with Crippen molar-refractivity contribution in [3.8, 4) is 28.6 Å². The van der Waals surface area contributed by atoms with Crippen LogP contribution in [0, 0.1) is 20.8 Å². The third-order valence-electron chi connectivity index (χ3n) is 7.66. The molecule has 0 saturated heterocycles. The number of hydrogen-bond donors (Lipinski definition) is 0. The molecule has 0 fully saturated rings. The molecule has 0 aliphatic carbocycles. The second-order valence-electron chi connectivity index (χ2n) is 10.9. The number of hydrogen-bond acceptors (Lipinski definition) is 7. The van der Waals surface area contributed by atoms with E-state index in [9.17, 15) is 9.59 Å². The maximum absolute atomic E-state index is 13.9. The predicted octanol–water partition coefficient (Wildman–Crippen LogP) is 6.35. The molecule has 0 spiro atoms. The van der Waals surface area contributed by atoms with E-state index in [-0.39, 0.29) is 18.1 Å². The van der Waals surface area contributed by atoms with Crippen LogP contribution in [0.3, 0.4) is 0 Å². The maximum atomic E-state index is 13.9. The number of carbonyl (C=O) groups excluding carboxylic acids is 1. The number of methoxy groups -OCH3 is 2. The quantitative estimate of drug-likeness (QED) is 0.146. The number of benzene rings is 3. The van der Waals surface area contributed by atoms with E-state index in [0.717, 1.165) is 45.1 Å². The minimum Gasteiger partial charge on any atom is -0.496 e. The van der Waals surface area contributed by atoms with Gasteiger partial charge < -0.3 is 18.8 Å². The van der Waals surface area contributed by atoms with Gasteiger partial charge in [-0.05, 0) is 92.4 Å². The van der Waals surface area contributed by atoms with Crippen LogP contribution in [0.15, 0.2) is 76.6 Å². The van der Waals surface area contributed by atoms with Crippen molar-refractivity contribution >= 4 is 23.1 Å². The molecule has 0 atom stereocenters. The molecule has 0 aliphatic rings. The third kappa shape index (κ3) is 5.86. The highest BCUT2D eigenvalue weighted by atomic mass is 16.6. The highest BCUT2D eigenvalue weighted by molar-refractivity contribution is 5.84. The fourth-order valence-electron chi connectivity index (χ4n) is 5.30. The lowest BCUT2D eigenvalue weighted by molar-refractivity contribution is -0.142. The van der Waals surface area contributed by atoms with Gasteiger partial charge in [0, 0.05) is 28.2 Å². The summed E-state index contributed by atoms with van der Waals surface area (Å²) in [5, 5.41) is 5.23.